The van der Waals surface area contributed by atoms with Gasteiger partial charge in [-0.1, -0.05) is 0 Å². The largest absolute Gasteiger partial charge is 0.493 e. The Labute approximate surface area is 128 Å². The number of amides is 1. The first-order valence-corrected chi connectivity index (χ1v) is 7.09. The molecule has 0 spiro atoms. The third kappa shape index (κ3) is 3.66. The number of hydrogen-bond donors (Lipinski definition) is 2. The van der Waals surface area contributed by atoms with Crippen molar-refractivity contribution in [2.24, 2.45) is 0 Å². The third-order valence-electron chi connectivity index (χ3n) is 3.57. The van der Waals surface area contributed by atoms with Crippen LogP contribution in [0, 0.1) is 5.82 Å². The monoisotopic (exact) mass is 312 g/mol. The van der Waals surface area contributed by atoms with Crippen molar-refractivity contribution in [3.05, 3.63) is 23.5 Å². The molecule has 0 bridgehead atoms. The molecule has 1 amide bonds. The van der Waals surface area contributed by atoms with Crippen molar-refractivity contribution in [2.45, 2.75) is 19.0 Å². The van der Waals surface area contributed by atoms with Crippen LogP contribution in [0.1, 0.15) is 18.5 Å². The van der Waals surface area contributed by atoms with Gasteiger partial charge in [-0.15, -0.1) is 0 Å². The Morgan fingerprint density at radius 2 is 2.09 bits per heavy atom. The maximum atomic E-state index is 14.2. The molecule has 1 heterocycles. The Bertz CT molecular complexity index is 533. The van der Waals surface area contributed by atoms with Gasteiger partial charge in [0.15, 0.2) is 11.5 Å². The molecule has 1 saturated heterocycles. The molecule has 22 heavy (non-hydrogen) atoms. The molecule has 122 valence electrons. The van der Waals surface area contributed by atoms with Crippen molar-refractivity contribution in [1.29, 1.82) is 0 Å². The van der Waals surface area contributed by atoms with Gasteiger partial charge >= 0.3 is 0 Å². The number of carbonyl (C=O) groups excluding carboxylic acids is 1. The van der Waals surface area contributed by atoms with Crippen molar-refractivity contribution in [3.8, 4) is 11.5 Å². The van der Waals surface area contributed by atoms with Gasteiger partial charge < -0.3 is 24.8 Å². The number of ether oxygens (including phenoxy) is 3. The van der Waals surface area contributed by atoms with Crippen LogP contribution in [-0.2, 0) is 9.53 Å². The zero-order chi connectivity index (χ0) is 16.1. The minimum Gasteiger partial charge on any atom is -0.493 e. The lowest BCUT2D eigenvalue weighted by Gasteiger charge is -2.25. The van der Waals surface area contributed by atoms with Crippen LogP contribution in [0.3, 0.4) is 0 Å². The van der Waals surface area contributed by atoms with Crippen molar-refractivity contribution in [2.75, 3.05) is 34.0 Å². The van der Waals surface area contributed by atoms with Crippen molar-refractivity contribution < 1.29 is 23.4 Å². The molecule has 0 aliphatic carbocycles. The van der Waals surface area contributed by atoms with Crippen LogP contribution < -0.4 is 20.1 Å². The highest BCUT2D eigenvalue weighted by Crippen LogP contribution is 2.32. The minimum atomic E-state index is -0.504. The van der Waals surface area contributed by atoms with Gasteiger partial charge in [0.1, 0.15) is 11.9 Å². The van der Waals surface area contributed by atoms with E-state index < -0.39 is 17.9 Å². The zero-order valence-electron chi connectivity index (χ0n) is 12.9. The van der Waals surface area contributed by atoms with E-state index in [1.807, 2.05) is 0 Å². The lowest BCUT2D eigenvalue weighted by atomic mass is 10.1. The minimum absolute atomic E-state index is 0.221. The average molecular weight is 312 g/mol. The Morgan fingerprint density at radius 3 is 2.68 bits per heavy atom. The van der Waals surface area contributed by atoms with Crippen molar-refractivity contribution in [1.82, 2.24) is 10.6 Å². The molecule has 2 unspecified atom stereocenters. The molecule has 6 nitrogen and oxygen atoms in total. The van der Waals surface area contributed by atoms with E-state index in [4.69, 9.17) is 14.2 Å². The lowest BCUT2D eigenvalue weighted by molar-refractivity contribution is -0.126. The highest BCUT2D eigenvalue weighted by Gasteiger charge is 2.24. The van der Waals surface area contributed by atoms with E-state index in [0.29, 0.717) is 36.8 Å². The molecule has 0 radical (unpaired) electrons. The van der Waals surface area contributed by atoms with E-state index in [-0.39, 0.29) is 5.91 Å². The summed E-state index contributed by atoms with van der Waals surface area (Å²) in [4.78, 5) is 12.1. The van der Waals surface area contributed by atoms with Gasteiger partial charge in [0.25, 0.3) is 0 Å². The molecule has 1 aromatic rings. The van der Waals surface area contributed by atoms with E-state index in [1.54, 1.807) is 6.92 Å². The summed E-state index contributed by atoms with van der Waals surface area (Å²) in [6, 6.07) is 1.86. The molecule has 2 N–H and O–H groups in total. The van der Waals surface area contributed by atoms with Gasteiger partial charge in [0.05, 0.1) is 33.5 Å². The van der Waals surface area contributed by atoms with Crippen LogP contribution in [0.4, 0.5) is 4.39 Å². The summed E-state index contributed by atoms with van der Waals surface area (Å²) < 4.78 is 29.6. The molecule has 0 aromatic heterocycles. The second-order valence-electron chi connectivity index (χ2n) is 5.04. The van der Waals surface area contributed by atoms with Crippen LogP contribution in [-0.4, -0.2) is 45.9 Å². The van der Waals surface area contributed by atoms with Crippen LogP contribution >= 0.6 is 0 Å². The van der Waals surface area contributed by atoms with E-state index in [2.05, 4.69) is 10.6 Å². The van der Waals surface area contributed by atoms with Crippen molar-refractivity contribution >= 4 is 5.91 Å². The smallest absolute Gasteiger partial charge is 0.240 e. The van der Waals surface area contributed by atoms with Gasteiger partial charge in [0.2, 0.25) is 5.91 Å². The fourth-order valence-corrected chi connectivity index (χ4v) is 2.33. The Kier molecular flexibility index (Phi) is 5.57. The summed E-state index contributed by atoms with van der Waals surface area (Å²) in [5.41, 5.74) is 0.336. The molecule has 1 aromatic carbocycles. The van der Waals surface area contributed by atoms with Gasteiger partial charge in [-0.25, -0.2) is 4.39 Å². The van der Waals surface area contributed by atoms with E-state index in [1.165, 1.54) is 26.4 Å². The first kappa shape index (κ1) is 16.5. The van der Waals surface area contributed by atoms with Crippen molar-refractivity contribution in [3.63, 3.8) is 0 Å². The van der Waals surface area contributed by atoms with Gasteiger partial charge in [-0.3, -0.25) is 4.79 Å². The van der Waals surface area contributed by atoms with Gasteiger partial charge in [-0.05, 0) is 13.0 Å². The Hall–Kier alpha value is -1.86. The molecule has 0 saturated carbocycles. The highest BCUT2D eigenvalue weighted by atomic mass is 19.1. The predicted molar refractivity (Wildman–Crippen MR) is 78.7 cm³/mol. The molecular weight excluding hydrogens is 291 g/mol. The summed E-state index contributed by atoms with van der Waals surface area (Å²) >= 11 is 0. The fourth-order valence-electron chi connectivity index (χ4n) is 2.33. The average Bonchev–Trinajstić information content (AvgIpc) is 2.55. The second kappa shape index (κ2) is 7.42. The van der Waals surface area contributed by atoms with Gasteiger partial charge in [0, 0.05) is 18.2 Å². The van der Waals surface area contributed by atoms with Crippen LogP contribution in [0.25, 0.3) is 0 Å². The molecule has 1 aliphatic heterocycles. The molecule has 1 aliphatic rings. The second-order valence-corrected chi connectivity index (χ2v) is 5.04. The topological polar surface area (TPSA) is 68.8 Å². The molecule has 2 atom stereocenters. The summed E-state index contributed by atoms with van der Waals surface area (Å²) in [7, 11) is 2.92. The van der Waals surface area contributed by atoms with E-state index >= 15 is 0 Å². The zero-order valence-corrected chi connectivity index (χ0v) is 12.9. The SMILES string of the molecule is COc1cc(F)c(C(C)NC(=O)C2COCCN2)cc1OC. The van der Waals surface area contributed by atoms with E-state index in [9.17, 15) is 9.18 Å². The number of morpholine rings is 1. The fraction of sp³-hybridized carbons (Fsp3) is 0.533. The number of nitrogens with one attached hydrogen (secondary N) is 2. The van der Waals surface area contributed by atoms with Crippen LogP contribution in [0.5, 0.6) is 11.5 Å². The molecular formula is C15H21FN2O4. The first-order chi connectivity index (χ1) is 10.6. The number of hydrogen-bond acceptors (Lipinski definition) is 5. The predicted octanol–water partition coefficient (Wildman–Crippen LogP) is 1.01. The summed E-state index contributed by atoms with van der Waals surface area (Å²) in [6.45, 7) is 3.24. The highest BCUT2D eigenvalue weighted by molar-refractivity contribution is 5.82. The van der Waals surface area contributed by atoms with E-state index in [0.717, 1.165) is 0 Å². The number of rotatable bonds is 5. The van der Waals surface area contributed by atoms with Crippen LogP contribution in [0.15, 0.2) is 12.1 Å². The molecule has 1 fully saturated rings. The quantitative estimate of drug-likeness (QED) is 0.849. The normalized spacial score (nSPS) is 19.4. The standard InChI is InChI=1S/C15H21FN2O4/c1-9(18-15(19)12-8-22-5-4-17-12)10-6-13(20-2)14(21-3)7-11(10)16/h6-7,9,12,17H,4-5,8H2,1-3H3,(H,18,19). The Balaban J connectivity index is 2.11. The molecule has 7 heteroatoms. The van der Waals surface area contributed by atoms with Gasteiger partial charge in [-0.2, -0.15) is 0 Å². The lowest BCUT2D eigenvalue weighted by Crippen LogP contribution is -2.51. The number of methoxy groups -OCH3 is 2. The maximum absolute atomic E-state index is 14.2. The number of halogens is 1. The first-order valence-electron chi connectivity index (χ1n) is 7.09. The summed E-state index contributed by atoms with van der Waals surface area (Å²) in [6.07, 6.45) is 0. The van der Waals surface area contributed by atoms with Crippen LogP contribution in [0.2, 0.25) is 0 Å². The number of carbonyl (C=O) groups is 1. The summed E-state index contributed by atoms with van der Waals surface area (Å²) in [5.74, 6) is 0.0448. The number of benzene rings is 1. The summed E-state index contributed by atoms with van der Waals surface area (Å²) in [5, 5.41) is 5.83. The maximum Gasteiger partial charge on any atom is 0.240 e. The third-order valence-corrected chi connectivity index (χ3v) is 3.57. The molecule has 2 rings (SSSR count). The Morgan fingerprint density at radius 1 is 1.41 bits per heavy atom.